The van der Waals surface area contributed by atoms with Crippen LogP contribution in [0.15, 0.2) is 36.4 Å². The number of pyridine rings is 1. The van der Waals surface area contributed by atoms with Crippen molar-refractivity contribution in [3.63, 3.8) is 0 Å². The van der Waals surface area contributed by atoms with E-state index in [1.807, 2.05) is 26.8 Å². The second kappa shape index (κ2) is 11.8. The Labute approximate surface area is 205 Å². The van der Waals surface area contributed by atoms with Crippen LogP contribution in [0.4, 0.5) is 0 Å². The standard InChI is InChI=1S/C25H31ClN4O4/c1-16(2)21-15-34-22-10-9-18(26)13-19(22)24(32)27-11-4-5-12-30(14-23(31)29-21)25(33)20-8-6-7-17(3)28-20/h6-10,13,16,21H,4-5,11-12,14-15H2,1-3H3,(H,27,32)(H,29,31)/t21-/m0/s1. The number of aromatic nitrogens is 1. The van der Waals surface area contributed by atoms with Crippen molar-refractivity contribution in [1.29, 1.82) is 0 Å². The third kappa shape index (κ3) is 6.93. The predicted molar refractivity (Wildman–Crippen MR) is 130 cm³/mol. The summed E-state index contributed by atoms with van der Waals surface area (Å²) in [7, 11) is 0. The molecule has 1 aromatic carbocycles. The fraction of sp³-hybridized carbons (Fsp3) is 0.440. The summed E-state index contributed by atoms with van der Waals surface area (Å²) in [6.07, 6.45) is 1.24. The summed E-state index contributed by atoms with van der Waals surface area (Å²) in [5.74, 6) is -0.393. The second-order valence-electron chi connectivity index (χ2n) is 8.72. The summed E-state index contributed by atoms with van der Waals surface area (Å²) in [5.41, 5.74) is 1.38. The zero-order valence-corrected chi connectivity index (χ0v) is 20.5. The van der Waals surface area contributed by atoms with Crippen LogP contribution in [0.3, 0.4) is 0 Å². The van der Waals surface area contributed by atoms with E-state index in [2.05, 4.69) is 15.6 Å². The summed E-state index contributed by atoms with van der Waals surface area (Å²) >= 11 is 6.11. The molecule has 9 heteroatoms. The van der Waals surface area contributed by atoms with Gasteiger partial charge in [-0.05, 0) is 56.0 Å². The van der Waals surface area contributed by atoms with Crippen molar-refractivity contribution in [2.75, 3.05) is 26.2 Å². The van der Waals surface area contributed by atoms with E-state index in [1.165, 1.54) is 4.90 Å². The van der Waals surface area contributed by atoms with E-state index in [1.54, 1.807) is 30.3 Å². The number of nitrogens with one attached hydrogen (secondary N) is 2. The van der Waals surface area contributed by atoms with Crippen LogP contribution in [-0.4, -0.2) is 59.9 Å². The molecule has 0 radical (unpaired) electrons. The zero-order valence-electron chi connectivity index (χ0n) is 19.8. The van der Waals surface area contributed by atoms with Crippen LogP contribution in [0.5, 0.6) is 5.75 Å². The predicted octanol–water partition coefficient (Wildman–Crippen LogP) is 3.23. The molecule has 0 aliphatic carbocycles. The maximum atomic E-state index is 13.1. The van der Waals surface area contributed by atoms with E-state index in [4.69, 9.17) is 16.3 Å². The second-order valence-corrected chi connectivity index (χ2v) is 9.16. The molecule has 182 valence electrons. The van der Waals surface area contributed by atoms with Crippen molar-refractivity contribution in [1.82, 2.24) is 20.5 Å². The molecule has 1 aromatic heterocycles. The van der Waals surface area contributed by atoms with Gasteiger partial charge >= 0.3 is 0 Å². The van der Waals surface area contributed by atoms with Crippen LogP contribution < -0.4 is 15.4 Å². The normalized spacial score (nSPS) is 18.1. The minimum absolute atomic E-state index is 0.0619. The molecule has 34 heavy (non-hydrogen) atoms. The summed E-state index contributed by atoms with van der Waals surface area (Å²) in [4.78, 5) is 44.6. The third-order valence-electron chi connectivity index (χ3n) is 5.63. The Morgan fingerprint density at radius 3 is 2.74 bits per heavy atom. The van der Waals surface area contributed by atoms with Gasteiger partial charge in [0.1, 0.15) is 18.1 Å². The smallest absolute Gasteiger partial charge is 0.272 e. The van der Waals surface area contributed by atoms with E-state index in [0.29, 0.717) is 48.0 Å². The molecule has 0 bridgehead atoms. The zero-order chi connectivity index (χ0) is 24.7. The van der Waals surface area contributed by atoms with Gasteiger partial charge in [-0.3, -0.25) is 14.4 Å². The Hall–Kier alpha value is -3.13. The molecule has 0 spiro atoms. The molecule has 2 aromatic rings. The minimum Gasteiger partial charge on any atom is -0.491 e. The summed E-state index contributed by atoms with van der Waals surface area (Å²) < 4.78 is 5.94. The molecule has 2 N–H and O–H groups in total. The molecule has 3 rings (SSSR count). The molecule has 0 fully saturated rings. The van der Waals surface area contributed by atoms with Crippen LogP contribution in [0.1, 0.15) is 53.2 Å². The highest BCUT2D eigenvalue weighted by Gasteiger charge is 2.24. The van der Waals surface area contributed by atoms with Gasteiger partial charge in [0.25, 0.3) is 11.8 Å². The number of carbonyl (C=O) groups is 3. The van der Waals surface area contributed by atoms with Crippen LogP contribution in [0.2, 0.25) is 5.02 Å². The van der Waals surface area contributed by atoms with Crippen molar-refractivity contribution in [2.24, 2.45) is 5.92 Å². The molecule has 0 saturated heterocycles. The van der Waals surface area contributed by atoms with Gasteiger partial charge in [0.15, 0.2) is 0 Å². The van der Waals surface area contributed by atoms with Crippen molar-refractivity contribution in [3.05, 3.63) is 58.4 Å². The van der Waals surface area contributed by atoms with Crippen molar-refractivity contribution in [3.8, 4) is 5.75 Å². The van der Waals surface area contributed by atoms with Gasteiger partial charge in [0, 0.05) is 23.8 Å². The van der Waals surface area contributed by atoms with Gasteiger partial charge in [-0.1, -0.05) is 31.5 Å². The lowest BCUT2D eigenvalue weighted by Gasteiger charge is -2.26. The fourth-order valence-corrected chi connectivity index (χ4v) is 3.79. The highest BCUT2D eigenvalue weighted by atomic mass is 35.5. The average molecular weight is 487 g/mol. The molecule has 3 amide bonds. The fourth-order valence-electron chi connectivity index (χ4n) is 3.61. The number of hydrogen-bond acceptors (Lipinski definition) is 5. The van der Waals surface area contributed by atoms with Crippen molar-refractivity contribution in [2.45, 2.75) is 39.7 Å². The van der Waals surface area contributed by atoms with Gasteiger partial charge in [-0.25, -0.2) is 4.98 Å². The first-order valence-corrected chi connectivity index (χ1v) is 11.8. The van der Waals surface area contributed by atoms with E-state index in [9.17, 15) is 14.4 Å². The maximum Gasteiger partial charge on any atom is 0.272 e. The van der Waals surface area contributed by atoms with E-state index < -0.39 is 0 Å². The molecular weight excluding hydrogens is 456 g/mol. The van der Waals surface area contributed by atoms with Crippen LogP contribution in [0.25, 0.3) is 0 Å². The molecule has 8 nitrogen and oxygen atoms in total. The summed E-state index contributed by atoms with van der Waals surface area (Å²) in [5, 5.41) is 6.30. The van der Waals surface area contributed by atoms with Gasteiger partial charge in [-0.2, -0.15) is 0 Å². The number of amides is 3. The Morgan fingerprint density at radius 2 is 2.00 bits per heavy atom. The Bertz CT molecular complexity index is 1040. The highest BCUT2D eigenvalue weighted by Crippen LogP contribution is 2.24. The monoisotopic (exact) mass is 486 g/mol. The highest BCUT2D eigenvalue weighted by molar-refractivity contribution is 6.31. The Kier molecular flexibility index (Phi) is 8.87. The largest absolute Gasteiger partial charge is 0.491 e. The van der Waals surface area contributed by atoms with Crippen LogP contribution >= 0.6 is 11.6 Å². The van der Waals surface area contributed by atoms with Crippen molar-refractivity contribution >= 4 is 29.3 Å². The molecule has 1 aliphatic heterocycles. The number of nitrogens with zero attached hydrogens (tertiary/aromatic N) is 2. The van der Waals surface area contributed by atoms with E-state index in [-0.39, 0.29) is 42.8 Å². The van der Waals surface area contributed by atoms with Gasteiger partial charge in [0.2, 0.25) is 5.91 Å². The molecule has 1 aliphatic rings. The SMILES string of the molecule is Cc1cccc(C(=O)N2CCCCNC(=O)c3cc(Cl)ccc3OC[C@@H](C(C)C)NC(=O)C2)n1. The topological polar surface area (TPSA) is 101 Å². The first-order chi connectivity index (χ1) is 16.2. The molecule has 0 saturated carbocycles. The number of aryl methyl sites for hydroxylation is 1. The van der Waals surface area contributed by atoms with E-state index in [0.717, 1.165) is 5.69 Å². The number of benzene rings is 1. The molecule has 2 heterocycles. The number of rotatable bonds is 2. The number of carbonyl (C=O) groups excluding carboxylic acids is 3. The van der Waals surface area contributed by atoms with E-state index >= 15 is 0 Å². The summed E-state index contributed by atoms with van der Waals surface area (Å²) in [6, 6.07) is 9.81. The van der Waals surface area contributed by atoms with Crippen LogP contribution in [0, 0.1) is 12.8 Å². The Balaban J connectivity index is 1.82. The van der Waals surface area contributed by atoms with Gasteiger partial charge in [-0.15, -0.1) is 0 Å². The quantitative estimate of drug-likeness (QED) is 0.678. The van der Waals surface area contributed by atoms with Crippen molar-refractivity contribution < 1.29 is 19.1 Å². The number of ether oxygens (including phenoxy) is 1. The third-order valence-corrected chi connectivity index (χ3v) is 5.86. The van der Waals surface area contributed by atoms with Gasteiger partial charge in [0.05, 0.1) is 18.2 Å². The average Bonchev–Trinajstić information content (AvgIpc) is 2.80. The molecule has 1 atom stereocenters. The lowest BCUT2D eigenvalue weighted by molar-refractivity contribution is -0.123. The lowest BCUT2D eigenvalue weighted by Crippen LogP contribution is -2.48. The molecule has 0 unspecified atom stereocenters. The number of halogens is 1. The van der Waals surface area contributed by atoms with Crippen LogP contribution in [-0.2, 0) is 4.79 Å². The molecular formula is C25H31ClN4O4. The van der Waals surface area contributed by atoms with Gasteiger partial charge < -0.3 is 20.3 Å². The first-order valence-electron chi connectivity index (χ1n) is 11.5. The number of fused-ring (bicyclic) bond motifs is 1. The number of hydrogen-bond donors (Lipinski definition) is 2. The summed E-state index contributed by atoms with van der Waals surface area (Å²) in [6.45, 7) is 6.61. The first kappa shape index (κ1) is 25.5. The minimum atomic E-state index is -0.321. The lowest BCUT2D eigenvalue weighted by atomic mass is 10.1. The Morgan fingerprint density at radius 1 is 1.21 bits per heavy atom. The maximum absolute atomic E-state index is 13.1.